The Balaban J connectivity index is 4.29. The second-order valence-electron chi connectivity index (χ2n) is 15.3. The molecule has 0 aromatic rings. The number of nitrogens with one attached hydrogen (secondary N) is 1. The first-order valence-electron chi connectivity index (χ1n) is 20.8. The Morgan fingerprint density at radius 1 is 0.706 bits per heavy atom. The molecule has 0 aliphatic rings. The van der Waals surface area contributed by atoms with E-state index in [1.54, 1.807) is 6.08 Å². The van der Waals surface area contributed by atoms with Gasteiger partial charge in [0.2, 0.25) is 5.91 Å². The number of phosphoric ester groups is 1. The monoisotopic (exact) mass is 741 g/mol. The van der Waals surface area contributed by atoms with Gasteiger partial charge in [0.05, 0.1) is 39.9 Å². The lowest BCUT2D eigenvalue weighted by Gasteiger charge is -2.29. The van der Waals surface area contributed by atoms with Crippen LogP contribution in [-0.2, 0) is 18.4 Å². The van der Waals surface area contributed by atoms with E-state index < -0.39 is 26.6 Å². The lowest BCUT2D eigenvalue weighted by atomic mass is 10.0. The highest BCUT2D eigenvalue weighted by molar-refractivity contribution is 7.45. The number of carbonyl (C=O) groups excluding carboxylic acids is 1. The van der Waals surface area contributed by atoms with Gasteiger partial charge in [-0.3, -0.25) is 9.36 Å². The van der Waals surface area contributed by atoms with Gasteiger partial charge in [-0.2, -0.15) is 0 Å². The lowest BCUT2D eigenvalue weighted by molar-refractivity contribution is -0.870. The molecule has 0 aliphatic carbocycles. The molecule has 1 amide bonds. The summed E-state index contributed by atoms with van der Waals surface area (Å²) in [5, 5.41) is 13.6. The molecule has 0 spiro atoms. The first-order valence-corrected chi connectivity index (χ1v) is 22.3. The van der Waals surface area contributed by atoms with E-state index in [1.165, 1.54) is 109 Å². The number of likely N-dealkylation sites (N-methyl/N-ethyl adjacent to an activating group) is 1. The molecule has 0 saturated carbocycles. The molecule has 51 heavy (non-hydrogen) atoms. The van der Waals surface area contributed by atoms with Gasteiger partial charge in [-0.1, -0.05) is 165 Å². The van der Waals surface area contributed by atoms with E-state index in [0.29, 0.717) is 17.4 Å². The maximum atomic E-state index is 12.8. The summed E-state index contributed by atoms with van der Waals surface area (Å²) >= 11 is 0. The molecular weight excluding hydrogens is 659 g/mol. The first-order chi connectivity index (χ1) is 24.5. The van der Waals surface area contributed by atoms with Crippen LogP contribution in [0.3, 0.4) is 0 Å². The fourth-order valence-electron chi connectivity index (χ4n) is 5.84. The second-order valence-corrected chi connectivity index (χ2v) is 16.8. The van der Waals surface area contributed by atoms with Gasteiger partial charge >= 0.3 is 0 Å². The van der Waals surface area contributed by atoms with Crippen LogP contribution in [0.25, 0.3) is 0 Å². The largest absolute Gasteiger partial charge is 0.756 e. The van der Waals surface area contributed by atoms with E-state index in [9.17, 15) is 19.4 Å². The van der Waals surface area contributed by atoms with Crippen LogP contribution in [0, 0.1) is 0 Å². The number of aliphatic hydroxyl groups excluding tert-OH is 1. The van der Waals surface area contributed by atoms with Gasteiger partial charge in [0, 0.05) is 6.42 Å². The molecule has 0 aromatic heterocycles. The molecule has 3 unspecified atom stereocenters. The average Bonchev–Trinajstić information content (AvgIpc) is 3.07. The maximum Gasteiger partial charge on any atom is 0.268 e. The molecule has 3 atom stereocenters. The summed E-state index contributed by atoms with van der Waals surface area (Å²) in [7, 11) is 1.23. The van der Waals surface area contributed by atoms with Crippen molar-refractivity contribution in [3.8, 4) is 0 Å². The topological polar surface area (TPSA) is 108 Å². The summed E-state index contributed by atoms with van der Waals surface area (Å²) in [6, 6.07) is -0.903. The van der Waals surface area contributed by atoms with Crippen LogP contribution in [0.15, 0.2) is 36.5 Å². The zero-order chi connectivity index (χ0) is 37.9. The summed E-state index contributed by atoms with van der Waals surface area (Å²) in [6.07, 6.45) is 40.8. The van der Waals surface area contributed by atoms with Gasteiger partial charge in [-0.05, 0) is 39.0 Å². The molecule has 8 nitrogen and oxygen atoms in total. The Morgan fingerprint density at radius 3 is 1.59 bits per heavy atom. The fraction of sp³-hybridized carbons (Fsp3) is 0.833. The van der Waals surface area contributed by atoms with Gasteiger partial charge < -0.3 is 28.8 Å². The van der Waals surface area contributed by atoms with Crippen molar-refractivity contribution in [3.05, 3.63) is 36.5 Å². The van der Waals surface area contributed by atoms with E-state index >= 15 is 0 Å². The van der Waals surface area contributed by atoms with Gasteiger partial charge in [-0.25, -0.2) is 0 Å². The number of hydrogen-bond donors (Lipinski definition) is 2. The molecule has 0 heterocycles. The smallest absolute Gasteiger partial charge is 0.268 e. The SMILES string of the molecule is C/C=C/CC/C=C/CC/C=C/C(O)C(COP(=O)([O-])OCC[N+](C)(C)C)NC(=O)CCCCCCCCCCCCCCCCCCCCCC. The van der Waals surface area contributed by atoms with Crippen molar-refractivity contribution in [2.45, 2.75) is 187 Å². The highest BCUT2D eigenvalue weighted by Crippen LogP contribution is 2.38. The van der Waals surface area contributed by atoms with E-state index in [1.807, 2.05) is 40.2 Å². The summed E-state index contributed by atoms with van der Waals surface area (Å²) in [4.78, 5) is 25.2. The van der Waals surface area contributed by atoms with Crippen molar-refractivity contribution in [3.63, 3.8) is 0 Å². The third-order valence-corrected chi connectivity index (χ3v) is 10.1. The quantitative estimate of drug-likeness (QED) is 0.0284. The number of unbranched alkanes of at least 4 members (excludes halogenated alkanes) is 21. The summed E-state index contributed by atoms with van der Waals surface area (Å²) in [5.74, 6) is -0.214. The van der Waals surface area contributed by atoms with Crippen LogP contribution in [-0.4, -0.2) is 68.5 Å². The summed E-state index contributed by atoms with van der Waals surface area (Å²) in [5.41, 5.74) is 0. The van der Waals surface area contributed by atoms with Crippen LogP contribution in [0.5, 0.6) is 0 Å². The Morgan fingerprint density at radius 2 is 1.14 bits per heavy atom. The molecule has 0 bridgehead atoms. The Labute approximate surface area is 315 Å². The highest BCUT2D eigenvalue weighted by Gasteiger charge is 2.23. The standard InChI is InChI=1S/C42H81N2O6P/c1-6-8-10-12-14-16-17-18-19-20-21-22-23-24-25-26-28-30-32-34-36-42(46)43-40(39-50-51(47,48)49-38-37-44(3,4)5)41(45)35-33-31-29-27-15-13-11-9-7-2/h7,9,15,27,33,35,40-41,45H,6,8,10-14,16-26,28-32,34,36-39H2,1-5H3,(H-,43,46,47,48)/b9-7+,27-15+,35-33+. The predicted molar refractivity (Wildman–Crippen MR) is 215 cm³/mol. The number of hydrogen-bond acceptors (Lipinski definition) is 6. The van der Waals surface area contributed by atoms with Crippen LogP contribution >= 0.6 is 7.82 Å². The average molecular weight is 741 g/mol. The molecule has 0 saturated heterocycles. The highest BCUT2D eigenvalue weighted by atomic mass is 31.2. The van der Waals surface area contributed by atoms with Gasteiger partial charge in [-0.15, -0.1) is 0 Å². The third kappa shape index (κ3) is 36.9. The Hall–Kier alpha value is -1.28. The van der Waals surface area contributed by atoms with Crippen LogP contribution in [0.2, 0.25) is 0 Å². The molecule has 0 aliphatic heterocycles. The number of quaternary nitrogens is 1. The molecule has 0 radical (unpaired) electrons. The lowest BCUT2D eigenvalue weighted by Crippen LogP contribution is -2.45. The molecule has 2 N–H and O–H groups in total. The number of carbonyl (C=O) groups is 1. The zero-order valence-electron chi connectivity index (χ0n) is 33.8. The molecule has 0 rings (SSSR count). The van der Waals surface area contributed by atoms with Crippen molar-refractivity contribution >= 4 is 13.7 Å². The third-order valence-electron chi connectivity index (χ3n) is 9.18. The molecule has 0 fully saturated rings. The Bertz CT molecular complexity index is 933. The van der Waals surface area contributed by atoms with Crippen LogP contribution in [0.4, 0.5) is 0 Å². The minimum Gasteiger partial charge on any atom is -0.756 e. The minimum absolute atomic E-state index is 0.00848. The fourth-order valence-corrected chi connectivity index (χ4v) is 6.56. The number of nitrogens with zero attached hydrogens (tertiary/aromatic N) is 1. The van der Waals surface area contributed by atoms with Crippen molar-refractivity contribution < 1.29 is 32.9 Å². The molecule has 0 aromatic carbocycles. The van der Waals surface area contributed by atoms with E-state index in [4.69, 9.17) is 9.05 Å². The van der Waals surface area contributed by atoms with E-state index in [2.05, 4.69) is 30.5 Å². The van der Waals surface area contributed by atoms with Gasteiger partial charge in [0.25, 0.3) is 7.82 Å². The maximum absolute atomic E-state index is 12.8. The van der Waals surface area contributed by atoms with Gasteiger partial charge in [0.1, 0.15) is 13.2 Å². The normalized spacial score (nSPS) is 14.9. The second kappa shape index (κ2) is 34.5. The van der Waals surface area contributed by atoms with E-state index in [0.717, 1.165) is 44.9 Å². The molecule has 9 heteroatoms. The minimum atomic E-state index is -4.59. The van der Waals surface area contributed by atoms with E-state index in [-0.39, 0.29) is 12.5 Å². The van der Waals surface area contributed by atoms with Crippen molar-refractivity contribution in [1.82, 2.24) is 5.32 Å². The summed E-state index contributed by atoms with van der Waals surface area (Å²) < 4.78 is 23.1. The Kier molecular flexibility index (Phi) is 33.6. The number of allylic oxidation sites excluding steroid dienone is 5. The summed E-state index contributed by atoms with van der Waals surface area (Å²) in [6.45, 7) is 4.38. The number of amides is 1. The first kappa shape index (κ1) is 49.7. The number of rotatable bonds is 37. The molecular formula is C42H81N2O6P. The van der Waals surface area contributed by atoms with Crippen molar-refractivity contribution in [1.29, 1.82) is 0 Å². The predicted octanol–water partition coefficient (Wildman–Crippen LogP) is 10.5. The molecule has 300 valence electrons. The zero-order valence-corrected chi connectivity index (χ0v) is 34.7. The van der Waals surface area contributed by atoms with Crippen molar-refractivity contribution in [2.75, 3.05) is 40.9 Å². The van der Waals surface area contributed by atoms with Crippen LogP contribution < -0.4 is 10.2 Å². The van der Waals surface area contributed by atoms with Crippen molar-refractivity contribution in [2.24, 2.45) is 0 Å². The number of phosphoric acid groups is 1. The van der Waals surface area contributed by atoms with Gasteiger partial charge in [0.15, 0.2) is 0 Å². The number of aliphatic hydroxyl groups is 1. The van der Waals surface area contributed by atoms with Crippen LogP contribution in [0.1, 0.15) is 174 Å².